The molecule has 0 saturated heterocycles. The summed E-state index contributed by atoms with van der Waals surface area (Å²) in [5.74, 6) is -0.419. The van der Waals surface area contributed by atoms with Crippen LogP contribution in [-0.4, -0.2) is 57.1 Å². The van der Waals surface area contributed by atoms with Gasteiger partial charge in [-0.2, -0.15) is 0 Å². The molecule has 2 aromatic rings. The van der Waals surface area contributed by atoms with Gasteiger partial charge in [0.05, 0.1) is 19.1 Å². The van der Waals surface area contributed by atoms with Crippen LogP contribution in [0.15, 0.2) is 42.5 Å². The first-order valence-corrected chi connectivity index (χ1v) is 13.5. The Morgan fingerprint density at radius 2 is 1.71 bits per heavy atom. The number of carbonyl (C=O) groups excluding carboxylic acids is 2. The quantitative estimate of drug-likeness (QED) is 0.507. The normalized spacial score (nSPS) is 12.2. The van der Waals surface area contributed by atoms with Gasteiger partial charge in [0.25, 0.3) is 0 Å². The minimum absolute atomic E-state index is 0.100. The molecule has 0 aliphatic rings. The van der Waals surface area contributed by atoms with Gasteiger partial charge in [-0.3, -0.25) is 13.9 Å². The number of sulfonamides is 1. The van der Waals surface area contributed by atoms with Crippen LogP contribution in [0.1, 0.15) is 43.9 Å². The number of anilines is 1. The van der Waals surface area contributed by atoms with Gasteiger partial charge in [-0.1, -0.05) is 42.8 Å². The lowest BCUT2D eigenvalue weighted by molar-refractivity contribution is -0.140. The van der Waals surface area contributed by atoms with Crippen LogP contribution in [0, 0.1) is 13.8 Å². The third-order valence-electron chi connectivity index (χ3n) is 5.53. The first-order valence-electron chi connectivity index (χ1n) is 11.6. The Bertz CT molecular complexity index is 1150. The summed E-state index contributed by atoms with van der Waals surface area (Å²) in [5, 5.41) is 2.88. The van der Waals surface area contributed by atoms with E-state index in [2.05, 4.69) is 5.32 Å². The zero-order valence-corrected chi connectivity index (χ0v) is 22.5. The first-order chi connectivity index (χ1) is 16.4. The van der Waals surface area contributed by atoms with Gasteiger partial charge in [-0.05, 0) is 57.4 Å². The van der Waals surface area contributed by atoms with Crippen molar-refractivity contribution in [3.05, 3.63) is 59.2 Å². The molecule has 8 nitrogen and oxygen atoms in total. The molecule has 1 atom stereocenters. The van der Waals surface area contributed by atoms with Gasteiger partial charge >= 0.3 is 0 Å². The highest BCUT2D eigenvalue weighted by molar-refractivity contribution is 7.92. The zero-order chi connectivity index (χ0) is 26.3. The van der Waals surface area contributed by atoms with Gasteiger partial charge < -0.3 is 15.0 Å². The lowest BCUT2D eigenvalue weighted by Gasteiger charge is -2.33. The fraction of sp³-hybridized carbons (Fsp3) is 0.462. The van der Waals surface area contributed by atoms with Crippen LogP contribution in [0.2, 0.25) is 0 Å². The van der Waals surface area contributed by atoms with E-state index in [1.807, 2.05) is 58.9 Å². The molecular weight excluding hydrogens is 466 g/mol. The molecule has 9 heteroatoms. The molecule has 2 aromatic carbocycles. The monoisotopic (exact) mass is 503 g/mol. The van der Waals surface area contributed by atoms with E-state index in [1.54, 1.807) is 18.2 Å². The maximum Gasteiger partial charge on any atom is 0.244 e. The second kappa shape index (κ2) is 12.1. The summed E-state index contributed by atoms with van der Waals surface area (Å²) in [6.07, 6.45) is 1.43. The number of carbonyl (C=O) groups is 2. The van der Waals surface area contributed by atoms with Crippen LogP contribution < -0.4 is 14.4 Å². The van der Waals surface area contributed by atoms with E-state index in [0.29, 0.717) is 12.2 Å². The van der Waals surface area contributed by atoms with Gasteiger partial charge in [0.1, 0.15) is 18.3 Å². The standard InChI is InChI=1S/C26H37N3O5S/c1-8-22(26(31)27-18(2)3)28(16-21-11-9-10-19(4)14-21)25(30)17-29(35(7,32)33)23-15-20(5)12-13-24(23)34-6/h9-15,18,22H,8,16-17H2,1-7H3,(H,27,31)/t22-/m0/s1. The summed E-state index contributed by atoms with van der Waals surface area (Å²) in [6, 6.07) is 12.0. The second-order valence-electron chi connectivity index (χ2n) is 9.04. The Hall–Kier alpha value is -3.07. The molecule has 2 rings (SSSR count). The molecule has 0 fully saturated rings. The summed E-state index contributed by atoms with van der Waals surface area (Å²) in [6.45, 7) is 9.04. The number of aryl methyl sites for hydroxylation is 2. The smallest absolute Gasteiger partial charge is 0.244 e. The van der Waals surface area contributed by atoms with E-state index in [9.17, 15) is 18.0 Å². The molecule has 35 heavy (non-hydrogen) atoms. The van der Waals surface area contributed by atoms with Crippen molar-refractivity contribution in [3.63, 3.8) is 0 Å². The van der Waals surface area contributed by atoms with Crippen molar-refractivity contribution in [1.82, 2.24) is 10.2 Å². The second-order valence-corrected chi connectivity index (χ2v) is 10.9. The van der Waals surface area contributed by atoms with Gasteiger partial charge in [-0.25, -0.2) is 8.42 Å². The number of amides is 2. The summed E-state index contributed by atoms with van der Waals surface area (Å²) < 4.78 is 32.0. The molecule has 0 heterocycles. The lowest BCUT2D eigenvalue weighted by Crippen LogP contribution is -2.53. The van der Waals surface area contributed by atoms with Crippen molar-refractivity contribution >= 4 is 27.5 Å². The minimum Gasteiger partial charge on any atom is -0.495 e. The number of nitrogens with zero attached hydrogens (tertiary/aromatic N) is 2. The van der Waals surface area contributed by atoms with Crippen LogP contribution in [0.3, 0.4) is 0 Å². The summed E-state index contributed by atoms with van der Waals surface area (Å²) in [4.78, 5) is 28.2. The number of hydrogen-bond donors (Lipinski definition) is 1. The van der Waals surface area contributed by atoms with Gasteiger partial charge in [0, 0.05) is 12.6 Å². The predicted molar refractivity (Wildman–Crippen MR) is 139 cm³/mol. The van der Waals surface area contributed by atoms with Crippen LogP contribution in [0.5, 0.6) is 5.75 Å². The highest BCUT2D eigenvalue weighted by Gasteiger charge is 2.32. The molecule has 0 spiro atoms. The van der Waals surface area contributed by atoms with Crippen molar-refractivity contribution in [2.45, 2.75) is 59.7 Å². The number of hydrogen-bond acceptors (Lipinski definition) is 5. The number of ether oxygens (including phenoxy) is 1. The average molecular weight is 504 g/mol. The van der Waals surface area contributed by atoms with Crippen LogP contribution in [-0.2, 0) is 26.2 Å². The van der Waals surface area contributed by atoms with Crippen molar-refractivity contribution in [2.24, 2.45) is 0 Å². The van der Waals surface area contributed by atoms with Gasteiger partial charge in [-0.15, -0.1) is 0 Å². The van der Waals surface area contributed by atoms with Crippen molar-refractivity contribution in [2.75, 3.05) is 24.2 Å². The maximum atomic E-state index is 13.7. The molecule has 192 valence electrons. The molecule has 0 saturated carbocycles. The van der Waals surface area contributed by atoms with E-state index >= 15 is 0 Å². The third kappa shape index (κ3) is 7.71. The fourth-order valence-electron chi connectivity index (χ4n) is 3.90. The largest absolute Gasteiger partial charge is 0.495 e. The maximum absolute atomic E-state index is 13.7. The Morgan fingerprint density at radius 3 is 2.26 bits per heavy atom. The van der Waals surface area contributed by atoms with Gasteiger partial charge in [0.15, 0.2) is 0 Å². The lowest BCUT2D eigenvalue weighted by atomic mass is 10.1. The number of rotatable bonds is 11. The molecule has 1 N–H and O–H groups in total. The third-order valence-corrected chi connectivity index (χ3v) is 6.66. The Labute approximate surface area is 209 Å². The van der Waals surface area contributed by atoms with E-state index in [0.717, 1.165) is 27.3 Å². The summed E-state index contributed by atoms with van der Waals surface area (Å²) in [5.41, 5.74) is 2.98. The molecule has 0 aromatic heterocycles. The number of benzene rings is 2. The van der Waals surface area contributed by atoms with Crippen LogP contribution in [0.25, 0.3) is 0 Å². The molecule has 0 aliphatic heterocycles. The first kappa shape index (κ1) is 28.2. The predicted octanol–water partition coefficient (Wildman–Crippen LogP) is 3.41. The topological polar surface area (TPSA) is 96.0 Å². The average Bonchev–Trinajstić information content (AvgIpc) is 2.76. The SMILES string of the molecule is CC[C@@H](C(=O)NC(C)C)N(Cc1cccc(C)c1)C(=O)CN(c1cc(C)ccc1OC)S(C)(=O)=O. The van der Waals surface area contributed by atoms with E-state index < -0.39 is 28.5 Å². The number of nitrogens with one attached hydrogen (secondary N) is 1. The molecular formula is C26H37N3O5S. The fourth-order valence-corrected chi connectivity index (χ4v) is 4.74. The van der Waals surface area contributed by atoms with Crippen molar-refractivity contribution in [1.29, 1.82) is 0 Å². The Balaban J connectivity index is 2.52. The van der Waals surface area contributed by atoms with Crippen LogP contribution in [0.4, 0.5) is 5.69 Å². The molecule has 0 aliphatic carbocycles. The highest BCUT2D eigenvalue weighted by atomic mass is 32.2. The Morgan fingerprint density at radius 1 is 1.06 bits per heavy atom. The van der Waals surface area contributed by atoms with Gasteiger partial charge in [0.2, 0.25) is 21.8 Å². The van der Waals surface area contributed by atoms with E-state index in [4.69, 9.17) is 4.74 Å². The van der Waals surface area contributed by atoms with E-state index in [1.165, 1.54) is 12.0 Å². The number of methoxy groups -OCH3 is 1. The minimum atomic E-state index is -3.84. The van der Waals surface area contributed by atoms with E-state index in [-0.39, 0.29) is 24.2 Å². The Kier molecular flexibility index (Phi) is 9.71. The molecule has 0 bridgehead atoms. The van der Waals surface area contributed by atoms with Crippen LogP contribution >= 0.6 is 0 Å². The zero-order valence-electron chi connectivity index (χ0n) is 21.7. The van der Waals surface area contributed by atoms with Crippen molar-refractivity contribution in [3.8, 4) is 5.75 Å². The highest BCUT2D eigenvalue weighted by Crippen LogP contribution is 2.31. The summed E-state index contributed by atoms with van der Waals surface area (Å²) in [7, 11) is -2.39. The summed E-state index contributed by atoms with van der Waals surface area (Å²) >= 11 is 0. The molecule has 0 unspecified atom stereocenters. The molecule has 0 radical (unpaired) electrons. The molecule has 2 amide bonds. The van der Waals surface area contributed by atoms with Crippen molar-refractivity contribution < 1.29 is 22.7 Å².